The Bertz CT molecular complexity index is 444. The van der Waals surface area contributed by atoms with Crippen LogP contribution < -0.4 is 14.8 Å². The van der Waals surface area contributed by atoms with E-state index < -0.39 is 24.3 Å². The summed E-state index contributed by atoms with van der Waals surface area (Å²) in [5, 5.41) is 31.8. The molecule has 0 amide bonds. The standard InChI is InChI=1S/C11H17N3O5/c1-18-10-5(3-12-11(14-10)19-2)7-9(17)8(16)6(4-15)13-7/h3,6-9,13,15-17H,4H2,1-2H3/t6?,7-,8+,9-/m0/s1. The third kappa shape index (κ3) is 2.47. The summed E-state index contributed by atoms with van der Waals surface area (Å²) >= 11 is 0. The largest absolute Gasteiger partial charge is 0.481 e. The molecule has 0 radical (unpaired) electrons. The molecule has 8 nitrogen and oxygen atoms in total. The highest BCUT2D eigenvalue weighted by molar-refractivity contribution is 5.31. The van der Waals surface area contributed by atoms with Crippen molar-refractivity contribution in [2.24, 2.45) is 0 Å². The van der Waals surface area contributed by atoms with Crippen LogP contribution in [0, 0.1) is 0 Å². The maximum absolute atomic E-state index is 9.99. The Kier molecular flexibility index (Phi) is 4.15. The van der Waals surface area contributed by atoms with Crippen LogP contribution in [0.4, 0.5) is 0 Å². The van der Waals surface area contributed by atoms with Crippen LogP contribution in [0.1, 0.15) is 11.6 Å². The molecule has 4 atom stereocenters. The zero-order valence-corrected chi connectivity index (χ0v) is 10.6. The summed E-state index contributed by atoms with van der Waals surface area (Å²) in [6, 6.07) is -1.08. The first kappa shape index (κ1) is 13.9. The van der Waals surface area contributed by atoms with Crippen LogP contribution in [0.5, 0.6) is 11.9 Å². The third-order valence-corrected chi connectivity index (χ3v) is 3.16. The lowest BCUT2D eigenvalue weighted by molar-refractivity contribution is 0.0191. The second kappa shape index (κ2) is 5.66. The number of aromatic nitrogens is 2. The molecule has 1 fully saturated rings. The van der Waals surface area contributed by atoms with Crippen molar-refractivity contribution in [2.45, 2.75) is 24.3 Å². The van der Waals surface area contributed by atoms with E-state index in [9.17, 15) is 10.2 Å². The average molecular weight is 271 g/mol. The molecule has 0 spiro atoms. The molecule has 0 saturated carbocycles. The Labute approximate surface area is 110 Å². The van der Waals surface area contributed by atoms with Crippen molar-refractivity contribution in [3.8, 4) is 11.9 Å². The highest BCUT2D eigenvalue weighted by Crippen LogP contribution is 2.32. The molecule has 0 aromatic carbocycles. The van der Waals surface area contributed by atoms with Crippen LogP contribution in [0.15, 0.2) is 6.20 Å². The second-order valence-electron chi connectivity index (χ2n) is 4.24. The fraction of sp³-hybridized carbons (Fsp3) is 0.636. The topological polar surface area (TPSA) is 117 Å². The van der Waals surface area contributed by atoms with E-state index in [1.807, 2.05) is 0 Å². The monoisotopic (exact) mass is 271 g/mol. The van der Waals surface area contributed by atoms with Gasteiger partial charge in [0.1, 0.15) is 6.10 Å². The molecular formula is C11H17N3O5. The van der Waals surface area contributed by atoms with Gasteiger partial charge in [-0.2, -0.15) is 4.98 Å². The fourth-order valence-corrected chi connectivity index (χ4v) is 2.13. The number of nitrogens with one attached hydrogen (secondary N) is 1. The molecule has 8 heteroatoms. The minimum Gasteiger partial charge on any atom is -0.481 e. The van der Waals surface area contributed by atoms with Gasteiger partial charge in [-0.1, -0.05) is 0 Å². The van der Waals surface area contributed by atoms with Crippen molar-refractivity contribution in [3.05, 3.63) is 11.8 Å². The molecule has 0 aliphatic carbocycles. The lowest BCUT2D eigenvalue weighted by atomic mass is 10.0. The molecule has 2 rings (SSSR count). The number of rotatable bonds is 4. The number of nitrogens with zero attached hydrogens (tertiary/aromatic N) is 2. The van der Waals surface area contributed by atoms with Gasteiger partial charge in [0.2, 0.25) is 5.88 Å². The Morgan fingerprint density at radius 3 is 2.53 bits per heavy atom. The van der Waals surface area contributed by atoms with Crippen molar-refractivity contribution in [1.82, 2.24) is 15.3 Å². The number of hydrogen-bond donors (Lipinski definition) is 4. The van der Waals surface area contributed by atoms with Gasteiger partial charge in [0, 0.05) is 6.20 Å². The summed E-state index contributed by atoms with van der Waals surface area (Å²) in [4.78, 5) is 7.97. The van der Waals surface area contributed by atoms with Crippen LogP contribution in [-0.2, 0) is 0 Å². The Hall–Kier alpha value is -1.48. The molecule has 1 unspecified atom stereocenters. The molecule has 106 valence electrons. The Morgan fingerprint density at radius 1 is 1.26 bits per heavy atom. The predicted octanol–water partition coefficient (Wildman–Crippen LogP) is -1.78. The molecule has 1 aromatic heterocycles. The average Bonchev–Trinajstić information content (AvgIpc) is 2.74. The Balaban J connectivity index is 2.31. The zero-order chi connectivity index (χ0) is 14.0. The van der Waals surface area contributed by atoms with E-state index in [1.54, 1.807) is 0 Å². The van der Waals surface area contributed by atoms with E-state index in [0.29, 0.717) is 5.56 Å². The summed E-state index contributed by atoms with van der Waals surface area (Å²) in [7, 11) is 2.87. The van der Waals surface area contributed by atoms with E-state index in [2.05, 4.69) is 15.3 Å². The first-order valence-corrected chi connectivity index (χ1v) is 5.80. The second-order valence-corrected chi connectivity index (χ2v) is 4.24. The van der Waals surface area contributed by atoms with Crippen molar-refractivity contribution >= 4 is 0 Å². The van der Waals surface area contributed by atoms with Gasteiger partial charge in [-0.25, -0.2) is 4.98 Å². The van der Waals surface area contributed by atoms with Crippen LogP contribution in [0.3, 0.4) is 0 Å². The van der Waals surface area contributed by atoms with Gasteiger partial charge in [-0.3, -0.25) is 5.32 Å². The molecule has 0 bridgehead atoms. The number of ether oxygens (including phenoxy) is 2. The molecule has 19 heavy (non-hydrogen) atoms. The van der Waals surface area contributed by atoms with Crippen molar-refractivity contribution in [3.63, 3.8) is 0 Å². The van der Waals surface area contributed by atoms with E-state index in [0.717, 1.165) is 0 Å². The highest BCUT2D eigenvalue weighted by atomic mass is 16.5. The van der Waals surface area contributed by atoms with E-state index in [-0.39, 0.29) is 18.5 Å². The minimum absolute atomic E-state index is 0.146. The summed E-state index contributed by atoms with van der Waals surface area (Å²) in [5.74, 6) is 0.245. The lowest BCUT2D eigenvalue weighted by Gasteiger charge is -2.18. The molecular weight excluding hydrogens is 254 g/mol. The Morgan fingerprint density at radius 2 is 2.00 bits per heavy atom. The summed E-state index contributed by atoms with van der Waals surface area (Å²) in [6.45, 7) is -0.284. The quantitative estimate of drug-likeness (QED) is 0.508. The van der Waals surface area contributed by atoms with E-state index in [4.69, 9.17) is 14.6 Å². The summed E-state index contributed by atoms with van der Waals surface area (Å²) < 4.78 is 10.0. The number of aliphatic hydroxyl groups is 3. The minimum atomic E-state index is -1.08. The van der Waals surface area contributed by atoms with Gasteiger partial charge < -0.3 is 24.8 Å². The van der Waals surface area contributed by atoms with Crippen LogP contribution in [0.25, 0.3) is 0 Å². The van der Waals surface area contributed by atoms with Crippen molar-refractivity contribution in [2.75, 3.05) is 20.8 Å². The molecule has 1 aromatic rings. The molecule has 2 heterocycles. The van der Waals surface area contributed by atoms with E-state index in [1.165, 1.54) is 20.4 Å². The first-order valence-electron chi connectivity index (χ1n) is 5.80. The first-order chi connectivity index (χ1) is 9.12. The summed E-state index contributed by atoms with van der Waals surface area (Å²) in [5.41, 5.74) is 0.491. The highest BCUT2D eigenvalue weighted by Gasteiger charge is 2.42. The van der Waals surface area contributed by atoms with Gasteiger partial charge in [-0.15, -0.1) is 0 Å². The van der Waals surface area contributed by atoms with Crippen molar-refractivity contribution in [1.29, 1.82) is 0 Å². The van der Waals surface area contributed by atoms with Crippen LogP contribution in [-0.4, -0.2) is 64.4 Å². The maximum atomic E-state index is 9.99. The molecule has 1 aliphatic heterocycles. The predicted molar refractivity (Wildman–Crippen MR) is 63.9 cm³/mol. The maximum Gasteiger partial charge on any atom is 0.319 e. The third-order valence-electron chi connectivity index (χ3n) is 3.16. The van der Waals surface area contributed by atoms with Gasteiger partial charge >= 0.3 is 6.01 Å². The van der Waals surface area contributed by atoms with Crippen molar-refractivity contribution < 1.29 is 24.8 Å². The fourth-order valence-electron chi connectivity index (χ4n) is 2.13. The van der Waals surface area contributed by atoms with Gasteiger partial charge in [0.25, 0.3) is 0 Å². The SMILES string of the molecule is COc1ncc([C@@H]2NC(CO)[C@@H](O)[C@H]2O)c(OC)n1. The van der Waals surface area contributed by atoms with Gasteiger partial charge in [0.15, 0.2) is 0 Å². The molecule has 1 saturated heterocycles. The van der Waals surface area contributed by atoms with Crippen LogP contribution >= 0.6 is 0 Å². The number of hydrogen-bond acceptors (Lipinski definition) is 8. The van der Waals surface area contributed by atoms with Gasteiger partial charge in [-0.05, 0) is 0 Å². The van der Waals surface area contributed by atoms with Crippen LogP contribution in [0.2, 0.25) is 0 Å². The normalized spacial score (nSPS) is 30.4. The number of aliphatic hydroxyl groups excluding tert-OH is 3. The van der Waals surface area contributed by atoms with Gasteiger partial charge in [0.05, 0.1) is 44.6 Å². The lowest BCUT2D eigenvalue weighted by Crippen LogP contribution is -2.35. The molecule has 4 N–H and O–H groups in total. The molecule has 1 aliphatic rings. The smallest absolute Gasteiger partial charge is 0.319 e. The van der Waals surface area contributed by atoms with E-state index >= 15 is 0 Å². The zero-order valence-electron chi connectivity index (χ0n) is 10.6. The summed E-state index contributed by atoms with van der Waals surface area (Å²) in [6.07, 6.45) is -0.692. The number of methoxy groups -OCH3 is 2.